The Kier molecular flexibility index (Phi) is 5.39. The van der Waals surface area contributed by atoms with Gasteiger partial charge in [-0.05, 0) is 24.6 Å². The van der Waals surface area contributed by atoms with Gasteiger partial charge in [-0.1, -0.05) is 55.1 Å². The molecule has 0 aliphatic heterocycles. The van der Waals surface area contributed by atoms with Crippen molar-refractivity contribution in [3.05, 3.63) is 78.6 Å². The van der Waals surface area contributed by atoms with Crippen molar-refractivity contribution >= 4 is 12.0 Å². The number of benzene rings is 1. The predicted molar refractivity (Wildman–Crippen MR) is 74.7 cm³/mol. The van der Waals surface area contributed by atoms with Gasteiger partial charge in [0.05, 0.1) is 11.8 Å². The van der Waals surface area contributed by atoms with Gasteiger partial charge >= 0.3 is 5.97 Å². The van der Waals surface area contributed by atoms with Gasteiger partial charge in [0.25, 0.3) is 0 Å². The number of hydrogen-bond donors (Lipinski definition) is 0. The van der Waals surface area contributed by atoms with Crippen LogP contribution < -0.4 is 0 Å². The molecule has 0 saturated carbocycles. The van der Waals surface area contributed by atoms with Gasteiger partial charge in [-0.3, -0.25) is 0 Å². The molecule has 0 radical (unpaired) electrons. The fourth-order valence-electron chi connectivity index (χ4n) is 1.21. The summed E-state index contributed by atoms with van der Waals surface area (Å²) in [5.74, 6) is -0.469. The summed E-state index contributed by atoms with van der Waals surface area (Å²) in [6.07, 6.45) is 6.36. The Morgan fingerprint density at radius 2 is 1.94 bits per heavy atom. The summed E-state index contributed by atoms with van der Waals surface area (Å²) in [5, 5.41) is 0. The second kappa shape index (κ2) is 7.07. The van der Waals surface area contributed by atoms with E-state index in [0.717, 1.165) is 11.1 Å². The number of allylic oxidation sites excluding steroid dienone is 2. The molecule has 1 aromatic carbocycles. The second-order valence-corrected chi connectivity index (χ2v) is 3.74. The van der Waals surface area contributed by atoms with Crippen LogP contribution in [0.4, 0.5) is 0 Å². The van der Waals surface area contributed by atoms with Crippen LogP contribution in [-0.4, -0.2) is 5.97 Å². The molecule has 0 aliphatic rings. The maximum absolute atomic E-state index is 11.5. The highest BCUT2D eigenvalue weighted by Gasteiger charge is 2.03. The molecule has 1 aromatic rings. The van der Waals surface area contributed by atoms with Crippen molar-refractivity contribution in [1.82, 2.24) is 0 Å². The molecule has 0 atom stereocenters. The van der Waals surface area contributed by atoms with Crippen molar-refractivity contribution in [3.8, 4) is 0 Å². The van der Waals surface area contributed by atoms with Gasteiger partial charge in [0.2, 0.25) is 0 Å². The van der Waals surface area contributed by atoms with E-state index < -0.39 is 5.97 Å². The lowest BCUT2D eigenvalue weighted by Gasteiger charge is -1.99. The summed E-state index contributed by atoms with van der Waals surface area (Å²) in [6, 6.07) is 9.59. The summed E-state index contributed by atoms with van der Waals surface area (Å²) in [4.78, 5) is 11.5. The van der Waals surface area contributed by atoms with Gasteiger partial charge in [0.15, 0.2) is 0 Å². The Bertz CT molecular complexity index is 493. The molecule has 92 valence electrons. The largest absolute Gasteiger partial charge is 0.431 e. The van der Waals surface area contributed by atoms with Crippen LogP contribution in [0.2, 0.25) is 0 Å². The lowest BCUT2D eigenvalue weighted by Crippen LogP contribution is -2.00. The molecule has 0 bridgehead atoms. The van der Waals surface area contributed by atoms with Gasteiger partial charge in [-0.2, -0.15) is 0 Å². The second-order valence-electron chi connectivity index (χ2n) is 3.74. The fraction of sp³-hybridized carbons (Fsp3) is 0.0625. The molecular formula is C16H16O2. The normalized spacial score (nSPS) is 11.3. The summed E-state index contributed by atoms with van der Waals surface area (Å²) in [7, 11) is 0. The first-order valence-corrected chi connectivity index (χ1v) is 5.55. The third-order valence-corrected chi connectivity index (χ3v) is 2.22. The Labute approximate surface area is 108 Å². The first-order chi connectivity index (χ1) is 8.63. The number of esters is 1. The zero-order valence-electron chi connectivity index (χ0n) is 10.4. The standard InChI is InChI=1S/C16H16O2/c1-4-13(2)12-14(3)16(17)18-11-10-15-8-6-5-7-9-15/h4-12H,1,3H2,2H3. The molecule has 0 saturated heterocycles. The molecule has 0 unspecified atom stereocenters. The number of rotatable bonds is 5. The van der Waals surface area contributed by atoms with E-state index in [4.69, 9.17) is 4.74 Å². The van der Waals surface area contributed by atoms with Gasteiger partial charge in [-0.25, -0.2) is 4.79 Å². The number of carbonyl (C=O) groups excluding carboxylic acids is 1. The summed E-state index contributed by atoms with van der Waals surface area (Å²) in [5.41, 5.74) is 2.13. The predicted octanol–water partition coefficient (Wildman–Crippen LogP) is 3.89. The van der Waals surface area contributed by atoms with E-state index in [2.05, 4.69) is 13.2 Å². The van der Waals surface area contributed by atoms with Crippen LogP contribution in [0.1, 0.15) is 12.5 Å². The minimum atomic E-state index is -0.469. The number of carbonyl (C=O) groups is 1. The van der Waals surface area contributed by atoms with Crippen molar-refractivity contribution in [3.63, 3.8) is 0 Å². The van der Waals surface area contributed by atoms with E-state index in [1.807, 2.05) is 37.3 Å². The lowest BCUT2D eigenvalue weighted by atomic mass is 10.2. The van der Waals surface area contributed by atoms with Crippen LogP contribution in [0.5, 0.6) is 0 Å². The highest BCUT2D eigenvalue weighted by atomic mass is 16.5. The zero-order chi connectivity index (χ0) is 13.4. The molecule has 0 amide bonds. The van der Waals surface area contributed by atoms with Crippen molar-refractivity contribution in [2.45, 2.75) is 6.92 Å². The maximum atomic E-state index is 11.5. The van der Waals surface area contributed by atoms with E-state index in [0.29, 0.717) is 5.57 Å². The molecule has 18 heavy (non-hydrogen) atoms. The number of ether oxygens (including phenoxy) is 1. The number of hydrogen-bond acceptors (Lipinski definition) is 2. The van der Waals surface area contributed by atoms with Crippen LogP contribution in [0, 0.1) is 0 Å². The maximum Gasteiger partial charge on any atom is 0.342 e. The quantitative estimate of drug-likeness (QED) is 0.338. The van der Waals surface area contributed by atoms with Crippen LogP contribution in [-0.2, 0) is 9.53 Å². The Balaban J connectivity index is 2.54. The SMILES string of the molecule is C=CC(C)=CC(=C)C(=O)OC=Cc1ccccc1. The Morgan fingerprint density at radius 1 is 1.28 bits per heavy atom. The Morgan fingerprint density at radius 3 is 2.56 bits per heavy atom. The first-order valence-electron chi connectivity index (χ1n) is 5.55. The minimum absolute atomic E-state index is 0.296. The molecule has 0 aromatic heterocycles. The van der Waals surface area contributed by atoms with Crippen LogP contribution in [0.3, 0.4) is 0 Å². The van der Waals surface area contributed by atoms with Crippen molar-refractivity contribution < 1.29 is 9.53 Å². The molecule has 2 nitrogen and oxygen atoms in total. The average molecular weight is 240 g/mol. The van der Waals surface area contributed by atoms with Crippen LogP contribution in [0.25, 0.3) is 6.08 Å². The van der Waals surface area contributed by atoms with Gasteiger partial charge in [-0.15, -0.1) is 0 Å². The highest BCUT2D eigenvalue weighted by Crippen LogP contribution is 2.05. The van der Waals surface area contributed by atoms with E-state index in [-0.39, 0.29) is 0 Å². The summed E-state index contributed by atoms with van der Waals surface area (Å²) < 4.78 is 4.96. The average Bonchev–Trinajstić information content (AvgIpc) is 2.39. The van der Waals surface area contributed by atoms with Crippen LogP contribution in [0.15, 0.2) is 73.1 Å². The smallest absolute Gasteiger partial charge is 0.342 e. The molecule has 0 spiro atoms. The van der Waals surface area contributed by atoms with Crippen molar-refractivity contribution in [1.29, 1.82) is 0 Å². The molecule has 0 heterocycles. The minimum Gasteiger partial charge on any atom is -0.431 e. The van der Waals surface area contributed by atoms with E-state index in [9.17, 15) is 4.79 Å². The molecule has 0 aliphatic carbocycles. The molecule has 2 heteroatoms. The van der Waals surface area contributed by atoms with Gasteiger partial charge < -0.3 is 4.74 Å². The van der Waals surface area contributed by atoms with Crippen molar-refractivity contribution in [2.75, 3.05) is 0 Å². The third-order valence-electron chi connectivity index (χ3n) is 2.22. The molecule has 0 fully saturated rings. The van der Waals surface area contributed by atoms with E-state index in [1.54, 1.807) is 18.2 Å². The molecular weight excluding hydrogens is 224 g/mol. The van der Waals surface area contributed by atoms with Gasteiger partial charge in [0, 0.05) is 0 Å². The Hall–Kier alpha value is -2.35. The highest BCUT2D eigenvalue weighted by molar-refractivity contribution is 5.91. The lowest BCUT2D eigenvalue weighted by molar-refractivity contribution is -0.133. The third kappa shape index (κ3) is 4.66. The monoisotopic (exact) mass is 240 g/mol. The van der Waals surface area contributed by atoms with Crippen LogP contribution >= 0.6 is 0 Å². The molecule has 1 rings (SSSR count). The zero-order valence-corrected chi connectivity index (χ0v) is 10.4. The van der Waals surface area contributed by atoms with Crippen molar-refractivity contribution in [2.24, 2.45) is 0 Å². The van der Waals surface area contributed by atoms with Gasteiger partial charge in [0.1, 0.15) is 0 Å². The first kappa shape index (κ1) is 13.7. The molecule has 0 N–H and O–H groups in total. The summed E-state index contributed by atoms with van der Waals surface area (Å²) in [6.45, 7) is 9.07. The van der Waals surface area contributed by atoms with E-state index in [1.165, 1.54) is 6.26 Å². The summed E-state index contributed by atoms with van der Waals surface area (Å²) >= 11 is 0. The van der Waals surface area contributed by atoms with E-state index >= 15 is 0 Å². The fourth-order valence-corrected chi connectivity index (χ4v) is 1.21. The topological polar surface area (TPSA) is 26.3 Å².